The van der Waals surface area contributed by atoms with Gasteiger partial charge in [0.25, 0.3) is 0 Å². The van der Waals surface area contributed by atoms with Crippen molar-refractivity contribution < 1.29 is 4.74 Å². The van der Waals surface area contributed by atoms with Gasteiger partial charge in [-0.3, -0.25) is 0 Å². The second-order valence-electron chi connectivity index (χ2n) is 3.99. The highest BCUT2D eigenvalue weighted by Gasteiger charge is 2.09. The van der Waals surface area contributed by atoms with Crippen LogP contribution in [-0.4, -0.2) is 15.4 Å². The molecule has 1 aromatic heterocycles. The first-order valence-electron chi connectivity index (χ1n) is 5.97. The molecule has 2 aromatic rings. The highest BCUT2D eigenvalue weighted by Crippen LogP contribution is 2.25. The molecule has 0 saturated heterocycles. The summed E-state index contributed by atoms with van der Waals surface area (Å²) in [6, 6.07) is 7.91. The monoisotopic (exact) mass is 358 g/mol. The number of hydrogen-bond acceptors (Lipinski definition) is 3. The van der Waals surface area contributed by atoms with Gasteiger partial charge in [-0.2, -0.15) is 0 Å². The number of benzene rings is 1. The number of ether oxygens (including phenoxy) is 1. The Hall–Kier alpha value is -0.720. The van der Waals surface area contributed by atoms with Crippen LogP contribution in [0.15, 0.2) is 34.9 Å². The van der Waals surface area contributed by atoms with E-state index in [1.54, 1.807) is 11.8 Å². The van der Waals surface area contributed by atoms with Crippen molar-refractivity contribution in [3.63, 3.8) is 0 Å². The molecule has 0 bridgehead atoms. The number of thioether (sulfide) groups is 1. The van der Waals surface area contributed by atoms with E-state index in [9.17, 15) is 0 Å². The number of aromatic amines is 2. The number of H-pyrrole nitrogens is 2. The number of halogens is 1. The molecule has 0 spiro atoms. The molecule has 6 heteroatoms. The van der Waals surface area contributed by atoms with Crippen molar-refractivity contribution in [2.24, 2.45) is 0 Å². The smallest absolute Gasteiger partial charge is 0.174 e. The van der Waals surface area contributed by atoms with Crippen molar-refractivity contribution in [2.75, 3.05) is 0 Å². The van der Waals surface area contributed by atoms with Gasteiger partial charge in [-0.1, -0.05) is 28.9 Å². The minimum Gasteiger partial charge on any atom is -0.480 e. The number of rotatable bonds is 6. The Morgan fingerprint density at radius 3 is 2.95 bits per heavy atom. The Balaban J connectivity index is 1.91. The minimum absolute atomic E-state index is 0.131. The standard InChI is InChI=1S/C13H15BrN2OS2/c1-2-12(17-11-5-3-4-9(14)6-11)19-8-10-7-15-13(18)16-10/h3-7,12H,2,8H2,1H3,(H2,15,16,18). The summed E-state index contributed by atoms with van der Waals surface area (Å²) in [6.45, 7) is 2.12. The van der Waals surface area contributed by atoms with E-state index in [-0.39, 0.29) is 5.44 Å². The second-order valence-corrected chi connectivity index (χ2v) is 6.46. The SMILES string of the molecule is CCC(Oc1cccc(Br)c1)SCc1c[nH]c(=S)[nH]1. The molecule has 1 atom stereocenters. The second kappa shape index (κ2) is 7.17. The molecule has 1 unspecified atom stereocenters. The Kier molecular flexibility index (Phi) is 5.54. The van der Waals surface area contributed by atoms with E-state index >= 15 is 0 Å². The molecule has 1 heterocycles. The quantitative estimate of drug-likeness (QED) is 0.570. The summed E-state index contributed by atoms with van der Waals surface area (Å²) in [4.78, 5) is 6.07. The maximum absolute atomic E-state index is 5.96. The topological polar surface area (TPSA) is 40.8 Å². The molecule has 0 saturated carbocycles. The fourth-order valence-corrected chi connectivity index (χ4v) is 3.06. The van der Waals surface area contributed by atoms with Crippen LogP contribution in [0.2, 0.25) is 0 Å². The molecule has 0 aliphatic rings. The largest absolute Gasteiger partial charge is 0.480 e. The number of imidazole rings is 1. The van der Waals surface area contributed by atoms with Crippen LogP contribution in [0.3, 0.4) is 0 Å². The fraction of sp³-hybridized carbons (Fsp3) is 0.308. The lowest BCUT2D eigenvalue weighted by Gasteiger charge is -2.16. The number of hydrogen-bond donors (Lipinski definition) is 2. The van der Waals surface area contributed by atoms with Crippen molar-refractivity contribution in [2.45, 2.75) is 24.5 Å². The van der Waals surface area contributed by atoms with Crippen LogP contribution in [0.1, 0.15) is 19.0 Å². The average molecular weight is 359 g/mol. The van der Waals surface area contributed by atoms with E-state index in [0.29, 0.717) is 4.77 Å². The molecule has 19 heavy (non-hydrogen) atoms. The molecule has 0 radical (unpaired) electrons. The van der Waals surface area contributed by atoms with Gasteiger partial charge in [-0.05, 0) is 36.8 Å². The normalized spacial score (nSPS) is 12.3. The van der Waals surface area contributed by atoms with Gasteiger partial charge < -0.3 is 14.7 Å². The summed E-state index contributed by atoms with van der Waals surface area (Å²) in [5, 5.41) is 0. The highest BCUT2D eigenvalue weighted by molar-refractivity contribution is 9.10. The summed E-state index contributed by atoms with van der Waals surface area (Å²) in [7, 11) is 0. The molecular formula is C13H15BrN2OS2. The van der Waals surface area contributed by atoms with Crippen molar-refractivity contribution >= 4 is 39.9 Å². The first kappa shape index (κ1) is 14.7. The summed E-state index contributed by atoms with van der Waals surface area (Å²) < 4.78 is 7.65. The molecular weight excluding hydrogens is 344 g/mol. The van der Waals surface area contributed by atoms with Crippen LogP contribution in [0.5, 0.6) is 5.75 Å². The lowest BCUT2D eigenvalue weighted by atomic mass is 10.3. The van der Waals surface area contributed by atoms with Crippen LogP contribution < -0.4 is 4.74 Å². The molecule has 3 nitrogen and oxygen atoms in total. The summed E-state index contributed by atoms with van der Waals surface area (Å²) in [6.07, 6.45) is 2.85. The Labute approximate surface area is 130 Å². The van der Waals surface area contributed by atoms with Gasteiger partial charge >= 0.3 is 0 Å². The van der Waals surface area contributed by atoms with E-state index in [4.69, 9.17) is 17.0 Å². The number of aromatic nitrogens is 2. The van der Waals surface area contributed by atoms with E-state index in [0.717, 1.165) is 28.1 Å². The Morgan fingerprint density at radius 2 is 2.32 bits per heavy atom. The molecule has 0 aliphatic carbocycles. The van der Waals surface area contributed by atoms with Crippen LogP contribution in [0.4, 0.5) is 0 Å². The third-order valence-electron chi connectivity index (χ3n) is 2.47. The zero-order valence-electron chi connectivity index (χ0n) is 10.5. The first-order chi connectivity index (χ1) is 9.17. The maximum Gasteiger partial charge on any atom is 0.174 e. The molecule has 0 aliphatic heterocycles. The maximum atomic E-state index is 5.96. The highest BCUT2D eigenvalue weighted by atomic mass is 79.9. The van der Waals surface area contributed by atoms with E-state index in [1.807, 2.05) is 30.5 Å². The summed E-state index contributed by atoms with van der Waals surface area (Å²) in [5.41, 5.74) is 1.22. The van der Waals surface area contributed by atoms with Crippen LogP contribution in [0, 0.1) is 4.77 Å². The average Bonchev–Trinajstić information content (AvgIpc) is 2.80. The Bertz CT molecular complexity index is 582. The third-order valence-corrected chi connectivity index (χ3v) is 4.47. The van der Waals surface area contributed by atoms with Crippen molar-refractivity contribution in [1.29, 1.82) is 0 Å². The van der Waals surface area contributed by atoms with Crippen LogP contribution in [-0.2, 0) is 5.75 Å². The molecule has 2 rings (SSSR count). The number of nitrogens with one attached hydrogen (secondary N) is 2. The lowest BCUT2D eigenvalue weighted by molar-refractivity contribution is 0.283. The molecule has 2 N–H and O–H groups in total. The van der Waals surface area contributed by atoms with E-state index < -0.39 is 0 Å². The van der Waals surface area contributed by atoms with Crippen molar-refractivity contribution in [1.82, 2.24) is 9.97 Å². The van der Waals surface area contributed by atoms with Crippen molar-refractivity contribution in [3.05, 3.63) is 45.4 Å². The van der Waals surface area contributed by atoms with Gasteiger partial charge in [0.05, 0.1) is 0 Å². The molecule has 1 aromatic carbocycles. The minimum atomic E-state index is 0.131. The predicted octanol–water partition coefficient (Wildman–Crippen LogP) is 4.88. The fourth-order valence-electron chi connectivity index (χ4n) is 1.56. The van der Waals surface area contributed by atoms with Gasteiger partial charge in [0.2, 0.25) is 0 Å². The first-order valence-corrected chi connectivity index (χ1v) is 8.22. The van der Waals surface area contributed by atoms with E-state index in [2.05, 4.69) is 32.8 Å². The summed E-state index contributed by atoms with van der Waals surface area (Å²) in [5.74, 6) is 1.73. The summed E-state index contributed by atoms with van der Waals surface area (Å²) >= 11 is 10.2. The van der Waals surface area contributed by atoms with E-state index in [1.165, 1.54) is 0 Å². The van der Waals surface area contributed by atoms with Crippen LogP contribution in [0.25, 0.3) is 0 Å². The van der Waals surface area contributed by atoms with Crippen LogP contribution >= 0.6 is 39.9 Å². The lowest BCUT2D eigenvalue weighted by Crippen LogP contribution is -2.11. The molecule has 0 amide bonds. The molecule has 102 valence electrons. The molecule has 0 fully saturated rings. The van der Waals surface area contributed by atoms with Gasteiger partial charge in [0.15, 0.2) is 4.77 Å². The Morgan fingerprint density at radius 1 is 1.47 bits per heavy atom. The van der Waals surface area contributed by atoms with Gasteiger partial charge in [-0.25, -0.2) is 0 Å². The predicted molar refractivity (Wildman–Crippen MR) is 86.1 cm³/mol. The van der Waals surface area contributed by atoms with Crippen molar-refractivity contribution in [3.8, 4) is 5.75 Å². The van der Waals surface area contributed by atoms with Gasteiger partial charge in [0, 0.05) is 22.1 Å². The third kappa shape index (κ3) is 4.71. The zero-order valence-corrected chi connectivity index (χ0v) is 13.7. The van der Waals surface area contributed by atoms with Gasteiger partial charge in [0.1, 0.15) is 11.2 Å². The zero-order chi connectivity index (χ0) is 13.7. The van der Waals surface area contributed by atoms with Gasteiger partial charge in [-0.15, -0.1) is 11.8 Å².